The smallest absolute Gasteiger partial charge is 0.297 e. The first kappa shape index (κ1) is 27.9. The summed E-state index contributed by atoms with van der Waals surface area (Å²) >= 11 is 0. The molecule has 8 nitrogen and oxygen atoms in total. The van der Waals surface area contributed by atoms with Crippen LogP contribution in [-0.4, -0.2) is 47.0 Å². The number of aromatic nitrogens is 4. The van der Waals surface area contributed by atoms with Gasteiger partial charge in [0.15, 0.2) is 5.65 Å². The minimum atomic E-state index is -2.82. The summed E-state index contributed by atoms with van der Waals surface area (Å²) in [5, 5.41) is 19.1. The van der Waals surface area contributed by atoms with Crippen LogP contribution in [0.25, 0.3) is 39.1 Å². The Labute approximate surface area is 267 Å². The molecule has 6 aromatic rings. The Balaban J connectivity index is 1.18. The average Bonchev–Trinajstić information content (AvgIpc) is 3.80. The molecule has 1 aliphatic heterocycles. The quantitative estimate of drug-likeness (QED) is 0.200. The molecule has 3 aromatic carbocycles. The number of hydrogen-bond donors (Lipinski definition) is 1. The highest BCUT2D eigenvalue weighted by Gasteiger charge is 2.66. The van der Waals surface area contributed by atoms with E-state index < -0.39 is 23.4 Å². The molecule has 10 heteroatoms. The molecule has 0 spiro atoms. The first-order valence-corrected chi connectivity index (χ1v) is 15.6. The van der Waals surface area contributed by atoms with E-state index in [9.17, 15) is 23.5 Å². The molecule has 0 bridgehead atoms. The van der Waals surface area contributed by atoms with Gasteiger partial charge in [0.25, 0.3) is 18.2 Å². The third kappa shape index (κ3) is 4.04. The van der Waals surface area contributed by atoms with E-state index in [2.05, 4.69) is 10.2 Å². The molecule has 3 aliphatic rings. The van der Waals surface area contributed by atoms with Gasteiger partial charge in [0.1, 0.15) is 0 Å². The van der Waals surface area contributed by atoms with Gasteiger partial charge in [-0.3, -0.25) is 18.9 Å². The lowest BCUT2D eigenvalue weighted by Crippen LogP contribution is -2.65. The first-order chi connectivity index (χ1) is 22.8. The second kappa shape index (κ2) is 9.83. The maximum absolute atomic E-state index is 13.9. The summed E-state index contributed by atoms with van der Waals surface area (Å²) < 4.78 is 29.2. The summed E-state index contributed by atoms with van der Waals surface area (Å²) in [6.07, 6.45) is -0.393. The topological polar surface area (TPSA) is 101 Å². The molecule has 0 unspecified atom stereocenters. The van der Waals surface area contributed by atoms with Crippen LogP contribution < -0.4 is 0 Å². The van der Waals surface area contributed by atoms with Crippen molar-refractivity contribution in [3.05, 3.63) is 120 Å². The number of carbonyl (C=O) groups excluding carboxylic acids is 2. The monoisotopic (exact) mass is 627 g/mol. The fraction of sp³-hybridized carbons (Fsp3) is 0.216. The minimum absolute atomic E-state index is 0.170. The van der Waals surface area contributed by atoms with Crippen LogP contribution in [0.3, 0.4) is 0 Å². The molecular weight excluding hydrogens is 600 g/mol. The van der Waals surface area contributed by atoms with Gasteiger partial charge in [-0.15, -0.1) is 10.2 Å². The molecule has 47 heavy (non-hydrogen) atoms. The number of hydrogen-bond acceptors (Lipinski definition) is 6. The van der Waals surface area contributed by atoms with Crippen molar-refractivity contribution in [3.63, 3.8) is 0 Å². The van der Waals surface area contributed by atoms with Crippen LogP contribution in [0.2, 0.25) is 0 Å². The van der Waals surface area contributed by atoms with Crippen LogP contribution in [-0.2, 0) is 5.54 Å². The lowest BCUT2D eigenvalue weighted by molar-refractivity contribution is -0.143. The molecule has 3 aromatic heterocycles. The van der Waals surface area contributed by atoms with E-state index in [1.54, 1.807) is 36.4 Å². The molecule has 0 saturated heterocycles. The van der Waals surface area contributed by atoms with E-state index >= 15 is 0 Å². The number of alkyl halides is 2. The number of fused-ring (bicyclic) bond motifs is 4. The Kier molecular flexibility index (Phi) is 5.84. The Morgan fingerprint density at radius 2 is 1.43 bits per heavy atom. The maximum atomic E-state index is 13.9. The fourth-order valence-corrected chi connectivity index (χ4v) is 7.71. The minimum Gasteiger partial charge on any atom is -0.389 e. The molecule has 2 aliphatic carbocycles. The van der Waals surface area contributed by atoms with Gasteiger partial charge in [-0.1, -0.05) is 66.7 Å². The van der Waals surface area contributed by atoms with Gasteiger partial charge in [0, 0.05) is 24.0 Å². The molecule has 0 radical (unpaired) electrons. The fourth-order valence-electron chi connectivity index (χ4n) is 7.71. The summed E-state index contributed by atoms with van der Waals surface area (Å²) in [6.45, 7) is 0. The molecule has 2 amide bonds. The van der Waals surface area contributed by atoms with Crippen molar-refractivity contribution in [2.24, 2.45) is 5.92 Å². The number of carbonyl (C=O) groups is 2. The number of amides is 2. The summed E-state index contributed by atoms with van der Waals surface area (Å²) in [4.78, 5) is 33.8. The SMILES string of the molecule is O=C1c2ccccc2C(=O)N1[C@]1(c2ccc(-c3nc4ccc5nnc(C(F)F)n5c4cc3-c3ccccc3)cc2)C[C@@](O)(C2CC2)C1. The van der Waals surface area contributed by atoms with Crippen molar-refractivity contribution in [2.45, 2.75) is 43.2 Å². The zero-order valence-corrected chi connectivity index (χ0v) is 25.0. The Morgan fingerprint density at radius 3 is 2.06 bits per heavy atom. The second-order valence-corrected chi connectivity index (χ2v) is 12.9. The molecule has 232 valence electrons. The Bertz CT molecular complexity index is 2220. The van der Waals surface area contributed by atoms with E-state index in [0.29, 0.717) is 33.5 Å². The van der Waals surface area contributed by atoms with Gasteiger partial charge in [-0.2, -0.15) is 0 Å². The number of halogens is 2. The second-order valence-electron chi connectivity index (χ2n) is 12.9. The summed E-state index contributed by atoms with van der Waals surface area (Å²) in [6, 6.07) is 29.3. The number of aliphatic hydroxyl groups is 1. The van der Waals surface area contributed by atoms with Crippen molar-refractivity contribution in [1.29, 1.82) is 0 Å². The first-order valence-electron chi connectivity index (χ1n) is 15.6. The lowest BCUT2D eigenvalue weighted by atomic mass is 9.58. The average molecular weight is 628 g/mol. The van der Waals surface area contributed by atoms with Gasteiger partial charge in [-0.05, 0) is 60.2 Å². The van der Waals surface area contributed by atoms with Crippen LogP contribution >= 0.6 is 0 Å². The molecule has 4 heterocycles. The highest BCUT2D eigenvalue weighted by atomic mass is 19.3. The van der Waals surface area contributed by atoms with Crippen LogP contribution in [0.1, 0.15) is 64.2 Å². The van der Waals surface area contributed by atoms with Gasteiger partial charge in [0.05, 0.1) is 39.0 Å². The van der Waals surface area contributed by atoms with Crippen molar-refractivity contribution in [1.82, 2.24) is 24.5 Å². The number of imide groups is 1. The van der Waals surface area contributed by atoms with Crippen LogP contribution in [0.4, 0.5) is 8.78 Å². The summed E-state index contributed by atoms with van der Waals surface area (Å²) in [7, 11) is 0. The molecule has 2 saturated carbocycles. The number of rotatable bonds is 6. The van der Waals surface area contributed by atoms with Gasteiger partial charge in [0.2, 0.25) is 5.82 Å². The third-order valence-electron chi connectivity index (χ3n) is 10.1. The molecule has 9 rings (SSSR count). The van der Waals surface area contributed by atoms with Crippen molar-refractivity contribution >= 4 is 28.5 Å². The van der Waals surface area contributed by atoms with Crippen LogP contribution in [0.15, 0.2) is 97.1 Å². The molecule has 2 fully saturated rings. The molecule has 0 atom stereocenters. The van der Waals surface area contributed by atoms with Crippen LogP contribution in [0, 0.1) is 5.92 Å². The van der Waals surface area contributed by atoms with Gasteiger partial charge in [-0.25, -0.2) is 13.8 Å². The molecule has 1 N–H and O–H groups in total. The lowest BCUT2D eigenvalue weighted by Gasteiger charge is -2.57. The van der Waals surface area contributed by atoms with Gasteiger partial charge < -0.3 is 5.11 Å². The van der Waals surface area contributed by atoms with Crippen molar-refractivity contribution < 1.29 is 23.5 Å². The highest BCUT2D eigenvalue weighted by Crippen LogP contribution is 2.61. The van der Waals surface area contributed by atoms with E-state index in [1.807, 2.05) is 60.7 Å². The third-order valence-corrected chi connectivity index (χ3v) is 10.1. The van der Waals surface area contributed by atoms with E-state index in [4.69, 9.17) is 4.98 Å². The van der Waals surface area contributed by atoms with E-state index in [1.165, 1.54) is 9.30 Å². The maximum Gasteiger partial charge on any atom is 0.297 e. The number of nitrogens with zero attached hydrogens (tertiary/aromatic N) is 5. The molecular formula is C37H27F2N5O3. The Hall–Kier alpha value is -5.35. The summed E-state index contributed by atoms with van der Waals surface area (Å²) in [5.41, 5.74) is 3.82. The number of pyridine rings is 2. The normalized spacial score (nSPS) is 22.3. The van der Waals surface area contributed by atoms with E-state index in [-0.39, 0.29) is 30.6 Å². The van der Waals surface area contributed by atoms with Gasteiger partial charge >= 0.3 is 0 Å². The van der Waals surface area contributed by atoms with Crippen molar-refractivity contribution in [3.8, 4) is 22.4 Å². The zero-order chi connectivity index (χ0) is 32.1. The predicted molar refractivity (Wildman–Crippen MR) is 170 cm³/mol. The summed E-state index contributed by atoms with van der Waals surface area (Å²) in [5.74, 6) is -0.978. The standard InChI is InChI=1S/C37H27F2N5O3/c38-32(39)33-42-41-30-17-16-28-29(43(30)33)18-27(21-6-2-1-3-7-21)31(40-28)22-10-12-23(13-11-22)36(19-37(47,20-36)24-14-15-24)44-34(45)25-8-4-5-9-26(25)35(44)46/h1-13,16-18,24,32,47H,14-15,19-20H2/t36-,37+. The Morgan fingerprint density at radius 1 is 0.766 bits per heavy atom. The zero-order valence-electron chi connectivity index (χ0n) is 25.0. The van der Waals surface area contributed by atoms with Crippen LogP contribution in [0.5, 0.6) is 0 Å². The van der Waals surface area contributed by atoms with Crippen molar-refractivity contribution in [2.75, 3.05) is 0 Å². The highest BCUT2D eigenvalue weighted by molar-refractivity contribution is 6.22. The predicted octanol–water partition coefficient (Wildman–Crippen LogP) is 6.98. The van der Waals surface area contributed by atoms with E-state index in [0.717, 1.165) is 35.1 Å². The largest absolute Gasteiger partial charge is 0.389 e. The number of benzene rings is 3.